The number of benzene rings is 3. The molecular formula is C39H46N4O7. The predicted molar refractivity (Wildman–Crippen MR) is 192 cm³/mol. The van der Waals surface area contributed by atoms with E-state index < -0.39 is 0 Å². The van der Waals surface area contributed by atoms with Crippen LogP contribution in [0.1, 0.15) is 49.7 Å². The van der Waals surface area contributed by atoms with Crippen LogP contribution in [0.5, 0.6) is 11.8 Å². The zero-order valence-electron chi connectivity index (χ0n) is 28.7. The number of anilines is 3. The number of para-hydroxylation sites is 1. The first kappa shape index (κ1) is 35.1. The topological polar surface area (TPSA) is 117 Å². The molecule has 0 radical (unpaired) electrons. The van der Waals surface area contributed by atoms with Gasteiger partial charge in [-0.15, -0.1) is 0 Å². The van der Waals surface area contributed by atoms with Crippen molar-refractivity contribution in [1.29, 1.82) is 0 Å². The van der Waals surface area contributed by atoms with Crippen molar-refractivity contribution in [1.82, 2.24) is 4.98 Å². The summed E-state index contributed by atoms with van der Waals surface area (Å²) in [6.45, 7) is 1.95. The van der Waals surface area contributed by atoms with E-state index in [1.165, 1.54) is 0 Å². The van der Waals surface area contributed by atoms with Crippen LogP contribution in [0.25, 0.3) is 0 Å². The number of hydrogen-bond acceptors (Lipinski definition) is 10. The molecule has 3 aromatic carbocycles. The van der Waals surface area contributed by atoms with Crippen LogP contribution in [-0.2, 0) is 27.4 Å². The first-order valence-electron chi connectivity index (χ1n) is 17.4. The molecule has 0 amide bonds. The zero-order valence-corrected chi connectivity index (χ0v) is 28.7. The number of hydrogen-bond donors (Lipinski definition) is 1. The highest BCUT2D eigenvalue weighted by Gasteiger charge is 2.32. The van der Waals surface area contributed by atoms with Crippen molar-refractivity contribution >= 4 is 22.7 Å². The molecule has 1 aromatic heterocycles. The molecule has 1 saturated carbocycles. The molecule has 6 rings (SSSR count). The van der Waals surface area contributed by atoms with E-state index in [1.807, 2.05) is 72.8 Å². The highest BCUT2D eigenvalue weighted by Crippen LogP contribution is 2.40. The number of ether oxygens (including phenoxy) is 5. The van der Waals surface area contributed by atoms with Crippen LogP contribution in [-0.4, -0.2) is 55.7 Å². The van der Waals surface area contributed by atoms with Gasteiger partial charge >= 0.3 is 5.69 Å². The summed E-state index contributed by atoms with van der Waals surface area (Å²) in [5.41, 5.74) is 3.42. The number of nitro benzene ring substituents is 1. The Labute approximate surface area is 293 Å². The van der Waals surface area contributed by atoms with E-state index in [4.69, 9.17) is 23.7 Å². The molecule has 1 aliphatic carbocycles. The van der Waals surface area contributed by atoms with Crippen molar-refractivity contribution in [3.8, 4) is 11.8 Å². The van der Waals surface area contributed by atoms with Crippen LogP contribution < -0.4 is 19.7 Å². The van der Waals surface area contributed by atoms with Gasteiger partial charge in [0, 0.05) is 39.3 Å². The van der Waals surface area contributed by atoms with E-state index >= 15 is 0 Å². The van der Waals surface area contributed by atoms with Crippen molar-refractivity contribution in [3.05, 3.63) is 112 Å². The largest absolute Gasteiger partial charge is 0.473 e. The van der Waals surface area contributed by atoms with Gasteiger partial charge in [-0.05, 0) is 67.9 Å². The Balaban J connectivity index is 1.13. The zero-order chi connectivity index (χ0) is 34.7. The molecule has 264 valence electrons. The Morgan fingerprint density at radius 2 is 1.38 bits per heavy atom. The monoisotopic (exact) mass is 682 g/mol. The average molecular weight is 683 g/mol. The predicted octanol–water partition coefficient (Wildman–Crippen LogP) is 8.05. The summed E-state index contributed by atoms with van der Waals surface area (Å²) in [4.78, 5) is 19.0. The summed E-state index contributed by atoms with van der Waals surface area (Å²) < 4.78 is 29.6. The molecule has 2 aliphatic rings. The van der Waals surface area contributed by atoms with Gasteiger partial charge in [-0.25, -0.2) is 0 Å². The lowest BCUT2D eigenvalue weighted by Crippen LogP contribution is -2.40. The Kier molecular flexibility index (Phi) is 12.1. The Hall–Kier alpha value is -4.71. The van der Waals surface area contributed by atoms with Gasteiger partial charge in [0.15, 0.2) is 6.29 Å². The first-order valence-corrected chi connectivity index (χ1v) is 17.4. The maximum Gasteiger partial charge on any atom is 0.315 e. The number of nitrogens with zero attached hydrogens (tertiary/aromatic N) is 3. The summed E-state index contributed by atoms with van der Waals surface area (Å²) in [6.07, 6.45) is 5.80. The molecule has 4 aromatic rings. The van der Waals surface area contributed by atoms with E-state index in [0.717, 1.165) is 49.7 Å². The Bertz CT molecular complexity index is 1660. The van der Waals surface area contributed by atoms with Gasteiger partial charge < -0.3 is 33.9 Å². The summed E-state index contributed by atoms with van der Waals surface area (Å²) in [5, 5.41) is 15.9. The van der Waals surface area contributed by atoms with E-state index in [-0.39, 0.29) is 41.6 Å². The lowest BCUT2D eigenvalue weighted by atomic mass is 9.86. The molecule has 0 bridgehead atoms. The molecular weight excluding hydrogens is 636 g/mol. The molecule has 2 heterocycles. The van der Waals surface area contributed by atoms with Gasteiger partial charge in [0.05, 0.1) is 17.1 Å². The molecule has 11 nitrogen and oxygen atoms in total. The summed E-state index contributed by atoms with van der Waals surface area (Å²) in [6, 6.07) is 28.5. The average Bonchev–Trinajstić information content (AvgIpc) is 3.16. The third kappa shape index (κ3) is 9.09. The van der Waals surface area contributed by atoms with Gasteiger partial charge in [0.2, 0.25) is 11.8 Å². The summed E-state index contributed by atoms with van der Waals surface area (Å²) >= 11 is 0. The molecule has 0 unspecified atom stereocenters. The Morgan fingerprint density at radius 3 is 2.00 bits per heavy atom. The molecule has 1 saturated heterocycles. The second kappa shape index (κ2) is 17.3. The summed E-state index contributed by atoms with van der Waals surface area (Å²) in [5.74, 6) is 1.06. The van der Waals surface area contributed by atoms with E-state index in [0.29, 0.717) is 48.6 Å². The molecule has 1 aliphatic heterocycles. The number of piperidine rings is 1. The van der Waals surface area contributed by atoms with Crippen LogP contribution >= 0.6 is 0 Å². The van der Waals surface area contributed by atoms with Crippen LogP contribution in [0.2, 0.25) is 0 Å². The van der Waals surface area contributed by atoms with Crippen LogP contribution in [0.3, 0.4) is 0 Å². The van der Waals surface area contributed by atoms with Gasteiger partial charge in [-0.3, -0.25) is 10.1 Å². The lowest BCUT2D eigenvalue weighted by Gasteiger charge is -2.37. The highest BCUT2D eigenvalue weighted by atomic mass is 16.7. The van der Waals surface area contributed by atoms with Crippen molar-refractivity contribution < 1.29 is 28.6 Å². The van der Waals surface area contributed by atoms with E-state index in [9.17, 15) is 10.1 Å². The number of pyridine rings is 1. The minimum absolute atomic E-state index is 0.00874. The fourth-order valence-corrected chi connectivity index (χ4v) is 6.87. The number of aromatic nitrogens is 1. The number of rotatable bonds is 15. The minimum Gasteiger partial charge on any atom is -0.473 e. The van der Waals surface area contributed by atoms with Crippen LogP contribution in [0.4, 0.5) is 22.7 Å². The van der Waals surface area contributed by atoms with Crippen LogP contribution in [0.15, 0.2) is 91.0 Å². The smallest absolute Gasteiger partial charge is 0.315 e. The third-order valence-corrected chi connectivity index (χ3v) is 9.49. The quantitative estimate of drug-likeness (QED) is 0.0750. The number of nitrogens with one attached hydrogen (secondary N) is 1. The SMILES string of the molecule is COC(OC)C1CCC(OC2CCN(c3cccc(Nc4ccc(OCc5ccccc5)nc4OCc4ccccc4)c3[N+](=O)[O-])CC2)CC1. The number of methoxy groups -OCH3 is 2. The maximum absolute atomic E-state index is 12.6. The van der Waals surface area contributed by atoms with Gasteiger partial charge in [-0.1, -0.05) is 66.7 Å². The fraction of sp³-hybridized carbons (Fsp3) is 0.410. The van der Waals surface area contributed by atoms with E-state index in [1.54, 1.807) is 32.4 Å². The molecule has 0 atom stereocenters. The minimum atomic E-state index is -0.318. The fourth-order valence-electron chi connectivity index (χ4n) is 6.87. The van der Waals surface area contributed by atoms with Crippen LogP contribution in [0, 0.1) is 16.0 Å². The van der Waals surface area contributed by atoms with Gasteiger partial charge in [0.1, 0.15) is 30.3 Å². The second-order valence-electron chi connectivity index (χ2n) is 12.8. The van der Waals surface area contributed by atoms with Gasteiger partial charge in [0.25, 0.3) is 0 Å². The first-order chi connectivity index (χ1) is 24.5. The van der Waals surface area contributed by atoms with Gasteiger partial charge in [-0.2, -0.15) is 4.98 Å². The lowest BCUT2D eigenvalue weighted by molar-refractivity contribution is -0.383. The van der Waals surface area contributed by atoms with Crippen molar-refractivity contribution in [2.75, 3.05) is 37.5 Å². The van der Waals surface area contributed by atoms with Crippen molar-refractivity contribution in [3.63, 3.8) is 0 Å². The summed E-state index contributed by atoms with van der Waals surface area (Å²) in [7, 11) is 3.38. The second-order valence-corrected chi connectivity index (χ2v) is 12.8. The third-order valence-electron chi connectivity index (χ3n) is 9.49. The van der Waals surface area contributed by atoms with Crippen molar-refractivity contribution in [2.45, 2.75) is 70.2 Å². The standard InChI is InChI=1S/C39H46N4O7/c1-46-39(47-2)30-16-18-31(19-17-30)50-32-22-24-42(25-23-32)35-15-9-14-33(37(35)43(44)45)40-34-20-21-36(48-26-28-10-5-3-6-11-28)41-38(34)49-27-29-12-7-4-8-13-29/h3-15,20-21,30-32,39-40H,16-19,22-27H2,1-2H3. The highest BCUT2D eigenvalue weighted by molar-refractivity contribution is 5.81. The molecule has 1 N–H and O–H groups in total. The Morgan fingerprint density at radius 1 is 0.760 bits per heavy atom. The molecule has 2 fully saturated rings. The molecule has 11 heteroatoms. The van der Waals surface area contributed by atoms with E-state index in [2.05, 4.69) is 15.2 Å². The maximum atomic E-state index is 12.6. The molecule has 0 spiro atoms. The molecule has 50 heavy (non-hydrogen) atoms. The van der Waals surface area contributed by atoms with Crippen molar-refractivity contribution in [2.24, 2.45) is 5.92 Å². The number of nitro groups is 1. The normalized spacial score (nSPS) is 18.2.